The van der Waals surface area contributed by atoms with Crippen molar-refractivity contribution in [3.05, 3.63) is 220 Å². The number of ketones is 1. The molecule has 13 aromatic rings. The number of fused-ring (bicyclic) bond motifs is 4. The van der Waals surface area contributed by atoms with Gasteiger partial charge in [-0.05, 0) is 227 Å². The van der Waals surface area contributed by atoms with Crippen molar-refractivity contribution in [1.82, 2.24) is 58.1 Å². The van der Waals surface area contributed by atoms with E-state index in [1.54, 1.807) is 81.0 Å². The molecule has 45 heteroatoms. The Kier molecular flexibility index (Phi) is 33.3. The minimum atomic E-state index is -3.82. The van der Waals surface area contributed by atoms with E-state index in [1.165, 1.54) is 97.8 Å². The quantitative estimate of drug-likeness (QED) is 0.0125. The summed E-state index contributed by atoms with van der Waals surface area (Å²) in [6, 6.07) is 30.7. The van der Waals surface area contributed by atoms with Crippen molar-refractivity contribution in [3.8, 4) is 28.4 Å². The van der Waals surface area contributed by atoms with Gasteiger partial charge < -0.3 is 89.9 Å². The molecule has 12 N–H and O–H groups in total. The second-order valence-corrected chi connectivity index (χ2v) is 31.7. The topological polar surface area (TPSA) is 440 Å². The van der Waals surface area contributed by atoms with E-state index in [9.17, 15) is 70.3 Å². The van der Waals surface area contributed by atoms with Gasteiger partial charge in [0.15, 0.2) is 5.78 Å². The van der Waals surface area contributed by atoms with E-state index >= 15 is 0 Å². The molecule has 0 unspecified atom stereocenters. The van der Waals surface area contributed by atoms with E-state index in [2.05, 4.69) is 129 Å². The molecule has 4 aliphatic carbocycles. The molecule has 0 atom stereocenters. The molecule has 6 heterocycles. The molecule has 7 aromatic carbocycles. The third-order valence-corrected chi connectivity index (χ3v) is 21.2. The summed E-state index contributed by atoms with van der Waals surface area (Å²) in [4.78, 5) is 80.8. The van der Waals surface area contributed by atoms with Crippen LogP contribution in [0.5, 0.6) is 17.2 Å². The summed E-state index contributed by atoms with van der Waals surface area (Å²) in [6.07, 6.45) is 20.2. The third-order valence-electron chi connectivity index (χ3n) is 19.2. The average molecular weight is 1970 g/mol. The SMILES string of the molecule is CC(=O)c1cc(Br)c2c(c1)ncn2C1CC(O)C1.Nc1ccc(OC(F)(F)Cl)cc1.O=C(Nc1ccc(OC(F)(F)Cl)cc1)c1cc(-c2cncnc2)c2c(c1)ncn2C1CC(O)C1.O=C(Nc1ccc(OC(F)(F)Cl)cc1)c1cc(Br)c2c(c1)ncn2C1CC(O)C1.O=C(O)c1cc(Br)c2c(c1)ncn2C1CC(O)C1.OB(O)c1cncnc1.[2H]CF.[Li+].[OH-]. The molecule has 648 valence electrons. The molecule has 0 bridgehead atoms. The Morgan fingerprint density at radius 3 is 1.10 bits per heavy atom. The van der Waals surface area contributed by atoms with Crippen LogP contribution < -0.4 is 54.9 Å². The number of nitrogens with one attached hydrogen (secondary N) is 2. The molecule has 4 saturated carbocycles. The molecule has 17 rings (SSSR count). The smallest absolute Gasteiger partial charge is 0.870 e. The number of nitrogens with two attached hydrogens (primary N) is 1. The largest absolute Gasteiger partial charge is 1.00 e. The van der Waals surface area contributed by atoms with E-state index in [4.69, 9.17) is 45.5 Å². The first kappa shape index (κ1) is 96.3. The number of benzene rings is 7. The second kappa shape index (κ2) is 42.8. The van der Waals surface area contributed by atoms with Crippen LogP contribution in [0, 0.1) is 0 Å². The molecule has 2 amide bonds. The predicted octanol–water partition coefficient (Wildman–Crippen LogP) is 12.4. The maximum Gasteiger partial charge on any atom is 1.00 e. The van der Waals surface area contributed by atoms with Gasteiger partial charge >= 0.3 is 48.7 Å². The number of aromatic carboxylic acids is 1. The maximum atomic E-state index is 13.0. The standard InChI is InChI=1S/C23H18ClF2N5O3.C19H15BrClF2N3O3.C13H13BrN2O2.C12H11BrN2O3.C7H6ClF2NO.C4H5BN2O2.CH3F.Li.H2O/c24-23(25,26)34-18-3-1-15(2-4-18)30-22(33)13-5-19(14-9-27-11-28-10-14)21-20(6-13)29-12-31(21)16-7-17(32)8-16;20-15-5-10(6-16-17(15)26(9-24-16)12-7-13(27)8-12)18(28)25-11-1-3-14(4-2-11)29-19(21,22)23;1-7(17)8-2-11(14)13-12(3-8)15-6-16(13)9-4-10(18)5-9;13-9-1-6(12(17)18)2-10-11(9)15(5-14-10)7-3-8(16)4-7;8-7(9,10)12-6-3-1-5(11)2-4-6;8-5(9)4-1-6-3-7-2-4;1-2;;/h1-6,9-12,16-17,32H,7-8H2,(H,30,33);1-6,9,12-13,27H,7-8H2,(H,25,28);2-3,6,9-10,18H,4-5H2,1H3;1-2,5,7-8,16H,3-4H2,(H,17,18);1-4H,11H2;1-3,8-9H;1H3;;1H2/q;;;;;;;+1;/p-1/i;;;;;;1D;;. The number of ether oxygens (including phenoxy) is 3. The number of nitrogen functional groups attached to an aromatic ring is 1. The van der Waals surface area contributed by atoms with Crippen LogP contribution in [0.1, 0.15) is 125 Å². The zero-order chi connectivity index (χ0) is 88.9. The van der Waals surface area contributed by atoms with E-state index in [0.29, 0.717) is 97.5 Å². The number of carboxylic acid groups (broad SMARTS) is 1. The number of anilines is 3. The number of aromatic nitrogens is 12. The molecule has 0 spiro atoms. The molecule has 4 fully saturated rings. The van der Waals surface area contributed by atoms with Crippen molar-refractivity contribution in [2.24, 2.45) is 0 Å². The summed E-state index contributed by atoms with van der Waals surface area (Å²) in [5.74, 6) is -2.01. The molecule has 0 aliphatic heterocycles. The monoisotopic (exact) mass is 1960 g/mol. The van der Waals surface area contributed by atoms with Crippen LogP contribution in [-0.2, 0) is 0 Å². The Labute approximate surface area is 753 Å². The van der Waals surface area contributed by atoms with Crippen LogP contribution >= 0.6 is 82.6 Å². The van der Waals surface area contributed by atoms with Gasteiger partial charge in [0, 0.05) is 148 Å². The van der Waals surface area contributed by atoms with Crippen LogP contribution in [0.3, 0.4) is 0 Å². The third kappa shape index (κ3) is 25.9. The van der Waals surface area contributed by atoms with Crippen LogP contribution in [0.25, 0.3) is 55.3 Å². The number of aliphatic hydroxyl groups excluding tert-OH is 4. The molecule has 124 heavy (non-hydrogen) atoms. The Hall–Kier alpha value is -9.94. The van der Waals surface area contributed by atoms with Crippen LogP contribution in [0.15, 0.2) is 197 Å². The first-order chi connectivity index (χ1) is 58.3. The van der Waals surface area contributed by atoms with Gasteiger partial charge in [0.1, 0.15) is 29.9 Å². The van der Waals surface area contributed by atoms with Crippen molar-refractivity contribution in [1.29, 1.82) is 0 Å². The normalized spacial score (nSPS) is 18.0. The summed E-state index contributed by atoms with van der Waals surface area (Å²) in [5.41, 5.74) is 4.95. The molecule has 6 aromatic heterocycles. The van der Waals surface area contributed by atoms with Gasteiger partial charge in [0.05, 0.1) is 108 Å². The zero-order valence-electron chi connectivity index (χ0n) is 65.7. The molecular formula is C79H72BBr3Cl3F7LiN15O15. The fourth-order valence-electron chi connectivity index (χ4n) is 13.0. The fourth-order valence-corrected chi connectivity index (χ4v) is 15.3. The minimum Gasteiger partial charge on any atom is -0.870 e. The molecule has 30 nitrogen and oxygen atoms in total. The van der Waals surface area contributed by atoms with Crippen molar-refractivity contribution < 1.29 is 125 Å². The number of halogens is 13. The number of rotatable bonds is 18. The Morgan fingerprint density at radius 2 is 0.782 bits per heavy atom. The Bertz CT molecular complexity index is 5740. The summed E-state index contributed by atoms with van der Waals surface area (Å²) >= 11 is 24.4. The summed E-state index contributed by atoms with van der Waals surface area (Å²) in [6.45, 7) is 1.55. The van der Waals surface area contributed by atoms with E-state index < -0.39 is 42.9 Å². The van der Waals surface area contributed by atoms with Gasteiger partial charge in [-0.2, -0.15) is 0 Å². The number of Topliss-reactive ketones (excluding diaryl/α,β-unsaturated/α-hetero) is 1. The van der Waals surface area contributed by atoms with Crippen molar-refractivity contribution >= 4 is 180 Å². The number of carboxylic acids is 1. The first-order valence-electron chi connectivity index (χ1n) is 37.1. The van der Waals surface area contributed by atoms with E-state index in [1.807, 2.05) is 25.8 Å². The molecular weight excluding hydrogens is 1900 g/mol. The van der Waals surface area contributed by atoms with Crippen LogP contribution in [-0.4, -0.2) is 178 Å². The number of imidazole rings is 4. The van der Waals surface area contributed by atoms with Crippen molar-refractivity contribution in [2.45, 2.75) is 124 Å². The van der Waals surface area contributed by atoms with Crippen molar-refractivity contribution in [3.63, 3.8) is 0 Å². The molecule has 0 saturated heterocycles. The zero-order valence-corrected chi connectivity index (χ0v) is 71.7. The van der Waals surface area contributed by atoms with Gasteiger partial charge in [-0.25, -0.2) is 44.7 Å². The predicted molar refractivity (Wildman–Crippen MR) is 452 cm³/mol. The number of nitrogens with zero attached hydrogens (tertiary/aromatic N) is 12. The number of hydrogen-bond donors (Lipinski definition) is 10. The maximum absolute atomic E-state index is 13.0. The molecule has 0 radical (unpaired) electrons. The van der Waals surface area contributed by atoms with Gasteiger partial charge in [0.25, 0.3) is 11.8 Å². The minimum absolute atomic E-state index is 0. The van der Waals surface area contributed by atoms with Gasteiger partial charge in [-0.1, -0.05) is 0 Å². The van der Waals surface area contributed by atoms with E-state index in [0.717, 1.165) is 67.8 Å². The van der Waals surface area contributed by atoms with Crippen LogP contribution in [0.4, 0.5) is 47.8 Å². The van der Waals surface area contributed by atoms with Gasteiger partial charge in [-0.15, -0.1) is 26.3 Å². The number of hydrogen-bond acceptors (Lipinski definition) is 23. The van der Waals surface area contributed by atoms with Crippen LogP contribution in [0.2, 0.25) is 0 Å². The summed E-state index contributed by atoms with van der Waals surface area (Å²) < 4.78 is 113. The number of carbonyl (C=O) groups excluding carboxylic acids is 3. The average Bonchev–Trinajstić information content (AvgIpc) is 1.64. The Balaban J connectivity index is 0.000000176. The Morgan fingerprint density at radius 1 is 0.492 bits per heavy atom. The van der Waals surface area contributed by atoms with Gasteiger partial charge in [0.2, 0.25) is 0 Å². The fraction of sp³-hybridized carbons (Fsp3) is 0.266. The number of carbonyl (C=O) groups is 4. The molecule has 4 aliphatic rings. The number of amides is 2. The first-order valence-corrected chi connectivity index (χ1v) is 39.9. The van der Waals surface area contributed by atoms with E-state index in [-0.39, 0.29) is 101 Å². The second-order valence-electron chi connectivity index (χ2n) is 27.8. The summed E-state index contributed by atoms with van der Waals surface area (Å²) in [7, 11) is -2.47. The van der Waals surface area contributed by atoms with Crippen molar-refractivity contribution in [2.75, 3.05) is 23.5 Å². The summed E-state index contributed by atoms with van der Waals surface area (Å²) in [5, 5.41) is 69.4. The number of aliphatic hydroxyl groups is 4. The van der Waals surface area contributed by atoms with Gasteiger partial charge in [-0.3, -0.25) is 18.8 Å². The number of alkyl halides is 10.